The Morgan fingerprint density at radius 1 is 1.32 bits per heavy atom. The third kappa shape index (κ3) is 4.63. The highest BCUT2D eigenvalue weighted by Gasteiger charge is 2.26. The van der Waals surface area contributed by atoms with Gasteiger partial charge in [-0.3, -0.25) is 0 Å². The summed E-state index contributed by atoms with van der Waals surface area (Å²) < 4.78 is 15.9. The Hall–Kier alpha value is -1.75. The Kier molecular flexibility index (Phi) is 5.29. The number of methoxy groups -OCH3 is 1. The van der Waals surface area contributed by atoms with E-state index >= 15 is 0 Å². The molecule has 1 amide bonds. The number of hydrogen-bond acceptors (Lipinski definition) is 4. The number of rotatable bonds is 5. The van der Waals surface area contributed by atoms with Crippen LogP contribution in [0.15, 0.2) is 18.2 Å². The lowest BCUT2D eigenvalue weighted by Crippen LogP contribution is -2.34. The van der Waals surface area contributed by atoms with Crippen LogP contribution in [0, 0.1) is 0 Å². The van der Waals surface area contributed by atoms with Crippen LogP contribution in [0.25, 0.3) is 0 Å². The number of aryl methyl sites for hydroxylation is 1. The summed E-state index contributed by atoms with van der Waals surface area (Å²) >= 11 is 0. The summed E-state index contributed by atoms with van der Waals surface area (Å²) in [6.07, 6.45) is 1.44. The molecule has 0 aromatic heterocycles. The molecule has 5 heteroatoms. The van der Waals surface area contributed by atoms with Crippen LogP contribution in [0.2, 0.25) is 0 Å². The number of fused-ring (bicyclic) bond motifs is 1. The molecular formula is C17H25NO4. The van der Waals surface area contributed by atoms with Crippen molar-refractivity contribution in [3.8, 4) is 5.75 Å². The maximum absolute atomic E-state index is 11.9. The quantitative estimate of drug-likeness (QED) is 0.849. The van der Waals surface area contributed by atoms with E-state index in [4.69, 9.17) is 14.2 Å². The van der Waals surface area contributed by atoms with Crippen molar-refractivity contribution >= 4 is 6.09 Å². The highest BCUT2D eigenvalue weighted by molar-refractivity contribution is 5.68. The fourth-order valence-corrected chi connectivity index (χ4v) is 2.53. The Balaban J connectivity index is 1.96. The van der Waals surface area contributed by atoms with Gasteiger partial charge in [-0.05, 0) is 56.9 Å². The fourth-order valence-electron chi connectivity index (χ4n) is 2.53. The predicted octanol–water partition coefficient (Wildman–Crippen LogP) is 3.22. The first-order valence-electron chi connectivity index (χ1n) is 7.63. The van der Waals surface area contributed by atoms with E-state index in [1.54, 1.807) is 7.11 Å². The standard InChI is InChI=1S/C17H25NO4/c1-17(2,3)22-16(19)18-15-8-5-12-11-13(6-7-14(12)15)21-10-9-20-4/h6-7,11,15H,5,8-10H2,1-4H3,(H,18,19)/t15-/m0/s1. The highest BCUT2D eigenvalue weighted by Crippen LogP contribution is 2.33. The van der Waals surface area contributed by atoms with E-state index in [1.807, 2.05) is 39.0 Å². The number of nitrogens with one attached hydrogen (secondary N) is 1. The van der Waals surface area contributed by atoms with Crippen molar-refractivity contribution in [2.75, 3.05) is 20.3 Å². The van der Waals surface area contributed by atoms with Crippen molar-refractivity contribution in [1.29, 1.82) is 0 Å². The summed E-state index contributed by atoms with van der Waals surface area (Å²) in [4.78, 5) is 11.9. The van der Waals surface area contributed by atoms with Crippen LogP contribution in [0.3, 0.4) is 0 Å². The molecule has 1 aromatic carbocycles. The van der Waals surface area contributed by atoms with E-state index in [0.717, 1.165) is 24.2 Å². The zero-order valence-corrected chi connectivity index (χ0v) is 13.8. The Bertz CT molecular complexity index is 522. The van der Waals surface area contributed by atoms with Crippen molar-refractivity contribution in [3.05, 3.63) is 29.3 Å². The van der Waals surface area contributed by atoms with Gasteiger partial charge in [0, 0.05) is 7.11 Å². The third-order valence-electron chi connectivity index (χ3n) is 3.44. The van der Waals surface area contributed by atoms with Gasteiger partial charge in [-0.25, -0.2) is 4.79 Å². The van der Waals surface area contributed by atoms with Gasteiger partial charge in [0.25, 0.3) is 0 Å². The van der Waals surface area contributed by atoms with Crippen LogP contribution in [0.4, 0.5) is 4.79 Å². The first-order chi connectivity index (χ1) is 10.4. The zero-order valence-electron chi connectivity index (χ0n) is 13.8. The topological polar surface area (TPSA) is 56.8 Å². The maximum Gasteiger partial charge on any atom is 0.408 e. The summed E-state index contributed by atoms with van der Waals surface area (Å²) in [6.45, 7) is 6.69. The fraction of sp³-hybridized carbons (Fsp3) is 0.588. The third-order valence-corrected chi connectivity index (χ3v) is 3.44. The molecule has 2 rings (SSSR count). The van der Waals surface area contributed by atoms with Crippen LogP contribution in [-0.4, -0.2) is 32.0 Å². The van der Waals surface area contributed by atoms with Gasteiger partial charge in [0.2, 0.25) is 0 Å². The summed E-state index contributed by atoms with van der Waals surface area (Å²) in [6, 6.07) is 6.01. The number of alkyl carbamates (subject to hydrolysis) is 1. The van der Waals surface area contributed by atoms with E-state index in [0.29, 0.717) is 13.2 Å². The lowest BCUT2D eigenvalue weighted by Gasteiger charge is -2.22. The second kappa shape index (κ2) is 7.01. The van der Waals surface area contributed by atoms with Gasteiger partial charge in [-0.1, -0.05) is 6.07 Å². The molecule has 1 aromatic rings. The zero-order chi connectivity index (χ0) is 16.2. The number of hydrogen-bond donors (Lipinski definition) is 1. The number of ether oxygens (including phenoxy) is 3. The molecule has 0 saturated carbocycles. The van der Waals surface area contributed by atoms with E-state index in [9.17, 15) is 4.79 Å². The van der Waals surface area contributed by atoms with Crippen molar-refractivity contribution in [3.63, 3.8) is 0 Å². The van der Waals surface area contributed by atoms with Crippen LogP contribution >= 0.6 is 0 Å². The number of carbonyl (C=O) groups excluding carboxylic acids is 1. The van der Waals surface area contributed by atoms with Crippen LogP contribution < -0.4 is 10.1 Å². The van der Waals surface area contributed by atoms with E-state index < -0.39 is 5.60 Å². The van der Waals surface area contributed by atoms with E-state index in [2.05, 4.69) is 5.32 Å². The van der Waals surface area contributed by atoms with Crippen LogP contribution in [0.1, 0.15) is 44.4 Å². The second-order valence-electron chi connectivity index (χ2n) is 6.44. The minimum atomic E-state index is -0.482. The SMILES string of the molecule is COCCOc1ccc2c(c1)CC[C@@H]2NC(=O)OC(C)(C)C. The molecule has 0 fully saturated rings. The molecule has 1 N–H and O–H groups in total. The van der Waals surface area contributed by atoms with Crippen LogP contribution in [-0.2, 0) is 15.9 Å². The molecule has 5 nitrogen and oxygen atoms in total. The van der Waals surface area contributed by atoms with Gasteiger partial charge < -0.3 is 19.5 Å². The van der Waals surface area contributed by atoms with Gasteiger partial charge in [0.15, 0.2) is 0 Å². The summed E-state index contributed by atoms with van der Waals surface area (Å²) in [5.74, 6) is 0.841. The van der Waals surface area contributed by atoms with Gasteiger partial charge in [-0.15, -0.1) is 0 Å². The molecule has 0 spiro atoms. The second-order valence-corrected chi connectivity index (χ2v) is 6.44. The van der Waals surface area contributed by atoms with E-state index in [1.165, 1.54) is 5.56 Å². The van der Waals surface area contributed by atoms with Crippen molar-refractivity contribution in [2.45, 2.75) is 45.3 Å². The molecular weight excluding hydrogens is 282 g/mol. The van der Waals surface area contributed by atoms with Gasteiger partial charge in [0.05, 0.1) is 12.6 Å². The lowest BCUT2D eigenvalue weighted by atomic mass is 10.1. The van der Waals surface area contributed by atoms with Gasteiger partial charge in [-0.2, -0.15) is 0 Å². The largest absolute Gasteiger partial charge is 0.491 e. The summed E-state index contributed by atoms with van der Waals surface area (Å²) in [5, 5.41) is 2.94. The normalized spacial score (nSPS) is 17.0. The molecule has 0 heterocycles. The number of amides is 1. The Morgan fingerprint density at radius 2 is 2.09 bits per heavy atom. The van der Waals surface area contributed by atoms with Crippen LogP contribution in [0.5, 0.6) is 5.75 Å². The first-order valence-corrected chi connectivity index (χ1v) is 7.63. The molecule has 0 aliphatic heterocycles. The summed E-state index contributed by atoms with van der Waals surface area (Å²) in [5.41, 5.74) is 1.88. The molecule has 0 bridgehead atoms. The molecule has 122 valence electrons. The van der Waals surface area contributed by atoms with Crippen molar-refractivity contribution < 1.29 is 19.0 Å². The number of benzene rings is 1. The average molecular weight is 307 g/mol. The minimum absolute atomic E-state index is 0.0119. The summed E-state index contributed by atoms with van der Waals surface area (Å²) in [7, 11) is 1.65. The maximum atomic E-state index is 11.9. The van der Waals surface area contributed by atoms with Gasteiger partial charge >= 0.3 is 6.09 Å². The molecule has 1 aliphatic carbocycles. The molecule has 0 saturated heterocycles. The first kappa shape index (κ1) is 16.6. The predicted molar refractivity (Wildman–Crippen MR) is 84.2 cm³/mol. The van der Waals surface area contributed by atoms with Crippen molar-refractivity contribution in [2.24, 2.45) is 0 Å². The Labute approximate surface area is 131 Å². The highest BCUT2D eigenvalue weighted by atomic mass is 16.6. The number of carbonyl (C=O) groups is 1. The minimum Gasteiger partial charge on any atom is -0.491 e. The molecule has 0 unspecified atom stereocenters. The lowest BCUT2D eigenvalue weighted by molar-refractivity contribution is 0.0503. The average Bonchev–Trinajstić information content (AvgIpc) is 2.79. The van der Waals surface area contributed by atoms with Gasteiger partial charge in [0.1, 0.15) is 18.0 Å². The molecule has 1 aliphatic rings. The Morgan fingerprint density at radius 3 is 2.77 bits per heavy atom. The smallest absolute Gasteiger partial charge is 0.408 e. The van der Waals surface area contributed by atoms with E-state index in [-0.39, 0.29) is 12.1 Å². The molecule has 22 heavy (non-hydrogen) atoms. The molecule has 0 radical (unpaired) electrons. The monoisotopic (exact) mass is 307 g/mol. The van der Waals surface area contributed by atoms with Crippen molar-refractivity contribution in [1.82, 2.24) is 5.32 Å². The molecule has 1 atom stereocenters.